The fourth-order valence-electron chi connectivity index (χ4n) is 1.77. The number of benzene rings is 2. The third kappa shape index (κ3) is 4.04. The number of carbonyl (C=O) groups is 2. The molecule has 0 spiro atoms. The molecule has 0 bridgehead atoms. The van der Waals surface area contributed by atoms with Gasteiger partial charge < -0.3 is 16.4 Å². The van der Waals surface area contributed by atoms with Crippen LogP contribution in [0.25, 0.3) is 0 Å². The van der Waals surface area contributed by atoms with E-state index in [9.17, 15) is 14.0 Å². The highest BCUT2D eigenvalue weighted by atomic mass is 19.1. The van der Waals surface area contributed by atoms with Crippen LogP contribution in [0.15, 0.2) is 48.5 Å². The second kappa shape index (κ2) is 6.51. The summed E-state index contributed by atoms with van der Waals surface area (Å²) < 4.78 is 12.7. The molecular formula is C15H14FN3O2. The molecule has 2 rings (SSSR count). The first-order chi connectivity index (χ1) is 10.1. The zero-order valence-electron chi connectivity index (χ0n) is 11.1. The van der Waals surface area contributed by atoms with Crippen molar-refractivity contribution in [2.45, 2.75) is 0 Å². The molecule has 0 heterocycles. The number of halogens is 1. The summed E-state index contributed by atoms with van der Waals surface area (Å²) in [5.74, 6) is -1.26. The van der Waals surface area contributed by atoms with Gasteiger partial charge in [-0.05, 0) is 36.4 Å². The third-order valence-electron chi connectivity index (χ3n) is 2.76. The maximum Gasteiger partial charge on any atom is 0.250 e. The molecule has 108 valence electrons. The fraction of sp³-hybridized carbons (Fsp3) is 0.0667. The molecule has 0 saturated carbocycles. The first-order valence-corrected chi connectivity index (χ1v) is 6.24. The Morgan fingerprint density at radius 1 is 1.05 bits per heavy atom. The summed E-state index contributed by atoms with van der Waals surface area (Å²) in [6, 6.07) is 12.1. The number of nitrogens with two attached hydrogens (primary N) is 1. The Hall–Kier alpha value is -2.89. The van der Waals surface area contributed by atoms with Crippen molar-refractivity contribution in [3.05, 3.63) is 59.9 Å². The van der Waals surface area contributed by atoms with Gasteiger partial charge in [0.1, 0.15) is 5.82 Å². The normalized spacial score (nSPS) is 9.95. The summed E-state index contributed by atoms with van der Waals surface area (Å²) in [7, 11) is 0. The summed E-state index contributed by atoms with van der Waals surface area (Å²) in [5.41, 5.74) is 6.53. The lowest BCUT2D eigenvalue weighted by molar-refractivity contribution is -0.114. The van der Waals surface area contributed by atoms with Gasteiger partial charge in [0.2, 0.25) is 5.91 Å². The molecule has 5 nitrogen and oxygen atoms in total. The summed E-state index contributed by atoms with van der Waals surface area (Å²) >= 11 is 0. The van der Waals surface area contributed by atoms with Crippen molar-refractivity contribution in [2.24, 2.45) is 5.73 Å². The standard InChI is InChI=1S/C15H14FN3O2/c16-10-5-7-11(8-6-10)19-14(20)9-18-13-4-2-1-3-12(13)15(17)21/h1-8,18H,9H2,(H2,17,21)(H,19,20). The van der Waals surface area contributed by atoms with Crippen LogP contribution in [-0.2, 0) is 4.79 Å². The molecule has 4 N–H and O–H groups in total. The first-order valence-electron chi connectivity index (χ1n) is 6.24. The van der Waals surface area contributed by atoms with E-state index in [1.807, 2.05) is 0 Å². The SMILES string of the molecule is NC(=O)c1ccccc1NCC(=O)Nc1ccc(F)cc1. The molecule has 21 heavy (non-hydrogen) atoms. The van der Waals surface area contributed by atoms with Gasteiger partial charge in [-0.3, -0.25) is 9.59 Å². The van der Waals surface area contributed by atoms with Crippen LogP contribution in [0, 0.1) is 5.82 Å². The molecule has 0 aliphatic carbocycles. The van der Waals surface area contributed by atoms with Crippen LogP contribution in [0.1, 0.15) is 10.4 Å². The van der Waals surface area contributed by atoms with Gasteiger partial charge in [-0.2, -0.15) is 0 Å². The smallest absolute Gasteiger partial charge is 0.250 e. The van der Waals surface area contributed by atoms with Crippen molar-refractivity contribution in [1.82, 2.24) is 0 Å². The lowest BCUT2D eigenvalue weighted by atomic mass is 10.1. The molecule has 2 aromatic rings. The maximum atomic E-state index is 12.7. The highest BCUT2D eigenvalue weighted by molar-refractivity contribution is 6.00. The Labute approximate surface area is 121 Å². The summed E-state index contributed by atoms with van der Waals surface area (Å²) in [6.07, 6.45) is 0. The predicted molar refractivity (Wildman–Crippen MR) is 78.5 cm³/mol. The lowest BCUT2D eigenvalue weighted by Gasteiger charge is -2.10. The van der Waals surface area contributed by atoms with Crippen LogP contribution in [0.3, 0.4) is 0 Å². The second-order valence-corrected chi connectivity index (χ2v) is 4.32. The number of anilines is 2. The van der Waals surface area contributed by atoms with Gasteiger partial charge in [0.15, 0.2) is 0 Å². The fourth-order valence-corrected chi connectivity index (χ4v) is 1.77. The van der Waals surface area contributed by atoms with Crippen molar-refractivity contribution < 1.29 is 14.0 Å². The number of amides is 2. The number of rotatable bonds is 5. The van der Waals surface area contributed by atoms with Crippen molar-refractivity contribution >= 4 is 23.2 Å². The van der Waals surface area contributed by atoms with E-state index in [1.54, 1.807) is 24.3 Å². The molecule has 0 aromatic heterocycles. The average molecular weight is 287 g/mol. The molecule has 2 amide bonds. The highest BCUT2D eigenvalue weighted by Gasteiger charge is 2.08. The van der Waals surface area contributed by atoms with Gasteiger partial charge >= 0.3 is 0 Å². The Balaban J connectivity index is 1.95. The van der Waals surface area contributed by atoms with E-state index < -0.39 is 5.91 Å². The second-order valence-electron chi connectivity index (χ2n) is 4.32. The Kier molecular flexibility index (Phi) is 4.50. The number of hydrogen-bond donors (Lipinski definition) is 3. The molecule has 6 heteroatoms. The van der Waals surface area contributed by atoms with E-state index in [2.05, 4.69) is 10.6 Å². The van der Waals surface area contributed by atoms with Crippen LogP contribution >= 0.6 is 0 Å². The minimum atomic E-state index is -0.572. The quantitative estimate of drug-likeness (QED) is 0.786. The minimum Gasteiger partial charge on any atom is -0.376 e. The van der Waals surface area contributed by atoms with Crippen molar-refractivity contribution in [2.75, 3.05) is 17.2 Å². The number of nitrogens with one attached hydrogen (secondary N) is 2. The highest BCUT2D eigenvalue weighted by Crippen LogP contribution is 2.14. The van der Waals surface area contributed by atoms with E-state index in [0.717, 1.165) is 0 Å². The van der Waals surface area contributed by atoms with Crippen LogP contribution in [-0.4, -0.2) is 18.4 Å². The largest absolute Gasteiger partial charge is 0.376 e. The van der Waals surface area contributed by atoms with Gasteiger partial charge in [0.05, 0.1) is 12.1 Å². The molecular weight excluding hydrogens is 273 g/mol. The van der Waals surface area contributed by atoms with E-state index in [0.29, 0.717) is 16.9 Å². The van der Waals surface area contributed by atoms with Gasteiger partial charge in [-0.15, -0.1) is 0 Å². The Bertz CT molecular complexity index is 656. The van der Waals surface area contributed by atoms with Crippen LogP contribution in [0.5, 0.6) is 0 Å². The van der Waals surface area contributed by atoms with E-state index >= 15 is 0 Å². The molecule has 0 saturated heterocycles. The number of para-hydroxylation sites is 1. The Morgan fingerprint density at radius 2 is 1.71 bits per heavy atom. The topological polar surface area (TPSA) is 84.2 Å². The molecule has 0 atom stereocenters. The van der Waals surface area contributed by atoms with E-state index in [4.69, 9.17) is 5.73 Å². The summed E-state index contributed by atoms with van der Waals surface area (Å²) in [5, 5.41) is 5.44. The first kappa shape index (κ1) is 14.5. The zero-order valence-corrected chi connectivity index (χ0v) is 11.1. The molecule has 0 radical (unpaired) electrons. The molecule has 0 fully saturated rings. The monoisotopic (exact) mass is 287 g/mol. The van der Waals surface area contributed by atoms with Crippen LogP contribution < -0.4 is 16.4 Å². The molecule has 0 aliphatic rings. The minimum absolute atomic E-state index is 0.0400. The van der Waals surface area contributed by atoms with Crippen LogP contribution in [0.4, 0.5) is 15.8 Å². The van der Waals surface area contributed by atoms with E-state index in [1.165, 1.54) is 24.3 Å². The maximum absolute atomic E-state index is 12.7. The van der Waals surface area contributed by atoms with Crippen LogP contribution in [0.2, 0.25) is 0 Å². The van der Waals surface area contributed by atoms with Gasteiger partial charge in [0, 0.05) is 11.4 Å². The third-order valence-corrected chi connectivity index (χ3v) is 2.76. The Morgan fingerprint density at radius 3 is 2.38 bits per heavy atom. The summed E-state index contributed by atoms with van der Waals surface area (Å²) in [4.78, 5) is 23.0. The van der Waals surface area contributed by atoms with Gasteiger partial charge in [0.25, 0.3) is 5.91 Å². The van der Waals surface area contributed by atoms with E-state index in [-0.39, 0.29) is 18.3 Å². The summed E-state index contributed by atoms with van der Waals surface area (Å²) in [6.45, 7) is -0.0400. The lowest BCUT2D eigenvalue weighted by Crippen LogP contribution is -2.23. The van der Waals surface area contributed by atoms with Crippen molar-refractivity contribution in [3.63, 3.8) is 0 Å². The van der Waals surface area contributed by atoms with Crippen molar-refractivity contribution in [3.8, 4) is 0 Å². The number of hydrogen-bond acceptors (Lipinski definition) is 3. The van der Waals surface area contributed by atoms with Gasteiger partial charge in [-0.1, -0.05) is 12.1 Å². The zero-order chi connectivity index (χ0) is 15.2. The molecule has 2 aromatic carbocycles. The average Bonchev–Trinajstić information content (AvgIpc) is 2.48. The molecule has 0 unspecified atom stereocenters. The predicted octanol–water partition coefficient (Wildman–Crippen LogP) is 1.98. The van der Waals surface area contributed by atoms with Gasteiger partial charge in [-0.25, -0.2) is 4.39 Å². The van der Waals surface area contributed by atoms with Crippen molar-refractivity contribution in [1.29, 1.82) is 0 Å². The number of carbonyl (C=O) groups excluding carboxylic acids is 2. The number of primary amides is 1. The molecule has 0 aliphatic heterocycles.